The number of furan rings is 1. The molecule has 4 aromatic rings. The van der Waals surface area contributed by atoms with E-state index in [1.165, 1.54) is 34.3 Å². The van der Waals surface area contributed by atoms with Crippen LogP contribution in [0.3, 0.4) is 0 Å². The van der Waals surface area contributed by atoms with E-state index in [4.69, 9.17) is 4.42 Å². The van der Waals surface area contributed by atoms with E-state index in [1.54, 1.807) is 60.9 Å². The van der Waals surface area contributed by atoms with Gasteiger partial charge in [0.2, 0.25) is 11.1 Å². The Labute approximate surface area is 197 Å². The number of carbonyl (C=O) groups excluding carboxylic acids is 1. The molecule has 10 nitrogen and oxygen atoms in total. The summed E-state index contributed by atoms with van der Waals surface area (Å²) in [5.74, 6) is 0.281. The van der Waals surface area contributed by atoms with Crippen LogP contribution in [-0.4, -0.2) is 27.2 Å². The van der Waals surface area contributed by atoms with Gasteiger partial charge in [0.25, 0.3) is 5.69 Å². The number of hydrogen-bond acceptors (Lipinski definition) is 7. The number of nitro groups is 1. The molecule has 1 atom stereocenters. The van der Waals surface area contributed by atoms with Crippen LogP contribution in [0.2, 0.25) is 0 Å². The Bertz CT molecular complexity index is 1510. The first-order chi connectivity index (χ1) is 16.4. The number of nitrogens with one attached hydrogen (secondary N) is 1. The largest absolute Gasteiger partial charge is 0.451 e. The molecule has 11 heteroatoms. The zero-order chi connectivity index (χ0) is 24.0. The molecule has 5 rings (SSSR count). The van der Waals surface area contributed by atoms with E-state index in [2.05, 4.69) is 10.1 Å². The summed E-state index contributed by atoms with van der Waals surface area (Å²) in [5, 5.41) is 16.4. The molecule has 170 valence electrons. The van der Waals surface area contributed by atoms with E-state index in [9.17, 15) is 19.7 Å². The highest BCUT2D eigenvalue weighted by Crippen LogP contribution is 2.39. The SMILES string of the molecule is CSc1n[n+]2c(c(=O)[nH]1)-c1ccccc1N(C(C)=O)C2c1ccc(-c2ccccc2[N+](=O)[O-])o1. The van der Waals surface area contributed by atoms with Gasteiger partial charge >= 0.3 is 17.4 Å². The topological polar surface area (TPSA) is 126 Å². The monoisotopic (exact) mass is 476 g/mol. The highest BCUT2D eigenvalue weighted by Gasteiger charge is 2.46. The zero-order valence-corrected chi connectivity index (χ0v) is 18.9. The van der Waals surface area contributed by atoms with Crippen molar-refractivity contribution in [3.05, 3.63) is 86.9 Å². The lowest BCUT2D eigenvalue weighted by Crippen LogP contribution is -2.60. The minimum Gasteiger partial charge on any atom is -0.451 e. The quantitative estimate of drug-likeness (QED) is 0.207. The normalized spacial score (nSPS) is 14.4. The molecule has 1 N–H and O–H groups in total. The summed E-state index contributed by atoms with van der Waals surface area (Å²) in [6.45, 7) is 1.42. The Kier molecular flexibility index (Phi) is 5.25. The molecule has 0 fully saturated rings. The lowest BCUT2D eigenvalue weighted by Gasteiger charge is -2.29. The molecular weight excluding hydrogens is 458 g/mol. The van der Waals surface area contributed by atoms with Gasteiger partial charge in [0.1, 0.15) is 5.76 Å². The maximum Gasteiger partial charge on any atom is 0.325 e. The average molecular weight is 476 g/mol. The first-order valence-electron chi connectivity index (χ1n) is 10.2. The van der Waals surface area contributed by atoms with Crippen LogP contribution in [0.15, 0.2) is 75.0 Å². The molecule has 1 unspecified atom stereocenters. The number of fused-ring (bicyclic) bond motifs is 3. The van der Waals surface area contributed by atoms with E-state index in [-0.39, 0.29) is 28.6 Å². The van der Waals surface area contributed by atoms with Crippen LogP contribution in [-0.2, 0) is 4.79 Å². The molecule has 2 aromatic carbocycles. The molecule has 3 heterocycles. The van der Waals surface area contributed by atoms with Crippen LogP contribution in [0, 0.1) is 10.1 Å². The second kappa shape index (κ2) is 8.27. The molecular formula is C23H18N5O5S+. The number of amides is 1. The van der Waals surface area contributed by atoms with Gasteiger partial charge in [-0.05, 0) is 41.3 Å². The molecule has 0 radical (unpaired) electrons. The fourth-order valence-electron chi connectivity index (χ4n) is 4.14. The molecule has 0 aliphatic carbocycles. The van der Waals surface area contributed by atoms with Crippen molar-refractivity contribution in [2.24, 2.45) is 0 Å². The lowest BCUT2D eigenvalue weighted by molar-refractivity contribution is -0.764. The van der Waals surface area contributed by atoms with E-state index in [1.807, 2.05) is 0 Å². The summed E-state index contributed by atoms with van der Waals surface area (Å²) < 4.78 is 7.56. The third kappa shape index (κ3) is 3.37. The molecule has 1 amide bonds. The van der Waals surface area contributed by atoms with E-state index >= 15 is 0 Å². The lowest BCUT2D eigenvalue weighted by atomic mass is 10.0. The summed E-state index contributed by atoms with van der Waals surface area (Å²) >= 11 is 1.25. The minimum absolute atomic E-state index is 0.104. The van der Waals surface area contributed by atoms with Gasteiger partial charge in [-0.25, -0.2) is 4.90 Å². The standard InChI is InChI=1S/C23H17N5O5S/c1-13(29)26-16-9-5-4-8-15(16)20-21(30)24-23(34-2)25-27(20)22(26)19-12-11-18(33-19)14-7-3-6-10-17(14)28(31)32/h3-12,22H,1-2H3/p+1. The maximum absolute atomic E-state index is 13.1. The number of para-hydroxylation sites is 2. The molecule has 2 aromatic heterocycles. The van der Waals surface area contributed by atoms with Crippen molar-refractivity contribution >= 4 is 29.0 Å². The van der Waals surface area contributed by atoms with Crippen molar-refractivity contribution in [1.82, 2.24) is 10.1 Å². The van der Waals surface area contributed by atoms with Crippen LogP contribution < -0.4 is 15.1 Å². The molecule has 1 aliphatic heterocycles. The predicted molar refractivity (Wildman–Crippen MR) is 124 cm³/mol. The number of nitro benzene ring substituents is 1. The number of aromatic nitrogens is 3. The van der Waals surface area contributed by atoms with Gasteiger partial charge < -0.3 is 4.42 Å². The van der Waals surface area contributed by atoms with Crippen LogP contribution in [0.4, 0.5) is 11.4 Å². The first-order valence-corrected chi connectivity index (χ1v) is 11.5. The van der Waals surface area contributed by atoms with Gasteiger partial charge in [0.15, 0.2) is 5.76 Å². The molecule has 0 bridgehead atoms. The van der Waals surface area contributed by atoms with E-state index in [0.29, 0.717) is 27.7 Å². The van der Waals surface area contributed by atoms with Crippen LogP contribution in [0.1, 0.15) is 18.8 Å². The first kappa shape index (κ1) is 21.6. The van der Waals surface area contributed by atoms with Gasteiger partial charge in [-0.3, -0.25) is 24.7 Å². The Morgan fingerprint density at radius 2 is 1.85 bits per heavy atom. The molecule has 0 saturated carbocycles. The van der Waals surface area contributed by atoms with Crippen molar-refractivity contribution in [2.45, 2.75) is 18.2 Å². The minimum atomic E-state index is -0.910. The van der Waals surface area contributed by atoms with E-state index in [0.717, 1.165) is 0 Å². The van der Waals surface area contributed by atoms with Gasteiger partial charge in [-0.2, -0.15) is 0 Å². The van der Waals surface area contributed by atoms with Gasteiger partial charge in [-0.15, -0.1) is 0 Å². The Hall–Kier alpha value is -4.25. The average Bonchev–Trinajstić information content (AvgIpc) is 3.32. The Balaban J connectivity index is 1.76. The Morgan fingerprint density at radius 1 is 1.15 bits per heavy atom. The van der Waals surface area contributed by atoms with Crippen LogP contribution in [0.5, 0.6) is 0 Å². The number of benzene rings is 2. The fraction of sp³-hybridized carbons (Fsp3) is 0.130. The third-order valence-electron chi connectivity index (χ3n) is 5.54. The summed E-state index contributed by atoms with van der Waals surface area (Å²) in [6.07, 6.45) is 0.867. The number of thioether (sulfide) groups is 1. The van der Waals surface area contributed by atoms with Crippen LogP contribution >= 0.6 is 11.8 Å². The maximum atomic E-state index is 13.1. The van der Waals surface area contributed by atoms with Crippen molar-refractivity contribution in [3.63, 3.8) is 0 Å². The van der Waals surface area contributed by atoms with Gasteiger partial charge in [-0.1, -0.05) is 36.0 Å². The van der Waals surface area contributed by atoms with Crippen molar-refractivity contribution < 1.29 is 18.8 Å². The fourth-order valence-corrected chi connectivity index (χ4v) is 4.50. The molecule has 1 aliphatic rings. The van der Waals surface area contributed by atoms with Crippen LogP contribution in [0.25, 0.3) is 22.6 Å². The highest BCUT2D eigenvalue weighted by atomic mass is 32.2. The predicted octanol–water partition coefficient (Wildman–Crippen LogP) is 3.53. The van der Waals surface area contributed by atoms with Crippen molar-refractivity contribution in [2.75, 3.05) is 11.2 Å². The summed E-state index contributed by atoms with van der Waals surface area (Å²) in [4.78, 5) is 41.2. The van der Waals surface area contributed by atoms with Gasteiger partial charge in [0.05, 0.1) is 21.7 Å². The summed E-state index contributed by atoms with van der Waals surface area (Å²) in [5.41, 5.74) is 1.21. The number of nitrogens with zero attached hydrogens (tertiary/aromatic N) is 4. The zero-order valence-electron chi connectivity index (χ0n) is 18.1. The second-order valence-corrected chi connectivity index (χ2v) is 8.31. The third-order valence-corrected chi connectivity index (χ3v) is 6.11. The number of carbonyl (C=O) groups is 1. The molecule has 34 heavy (non-hydrogen) atoms. The van der Waals surface area contributed by atoms with Gasteiger partial charge in [0, 0.05) is 18.1 Å². The van der Waals surface area contributed by atoms with E-state index < -0.39 is 11.1 Å². The smallest absolute Gasteiger partial charge is 0.325 e. The van der Waals surface area contributed by atoms with Crippen molar-refractivity contribution in [1.29, 1.82) is 0 Å². The number of aromatic amines is 1. The number of anilines is 1. The summed E-state index contributed by atoms with van der Waals surface area (Å²) in [6, 6.07) is 16.6. The molecule has 0 saturated heterocycles. The highest BCUT2D eigenvalue weighted by molar-refractivity contribution is 7.98. The molecule has 0 spiro atoms. The summed E-state index contributed by atoms with van der Waals surface area (Å²) in [7, 11) is 0. The number of H-pyrrole nitrogens is 1. The number of hydrogen-bond donors (Lipinski definition) is 1. The Morgan fingerprint density at radius 3 is 2.56 bits per heavy atom. The second-order valence-electron chi connectivity index (χ2n) is 7.51. The number of rotatable bonds is 4. The van der Waals surface area contributed by atoms with Crippen molar-refractivity contribution in [3.8, 4) is 22.6 Å².